The van der Waals surface area contributed by atoms with Gasteiger partial charge in [-0.25, -0.2) is 4.39 Å². The van der Waals surface area contributed by atoms with Gasteiger partial charge in [-0.3, -0.25) is 14.7 Å². The molecule has 0 radical (unpaired) electrons. The van der Waals surface area contributed by atoms with Crippen LogP contribution in [0.1, 0.15) is 50.9 Å². The van der Waals surface area contributed by atoms with Crippen molar-refractivity contribution < 1.29 is 14.0 Å². The molecule has 5 nitrogen and oxygen atoms in total. The molecule has 21 heavy (non-hydrogen) atoms. The molecule has 0 spiro atoms. The number of H-pyrrole nitrogens is 1. The van der Waals surface area contributed by atoms with Crippen molar-refractivity contribution in [3.63, 3.8) is 0 Å². The summed E-state index contributed by atoms with van der Waals surface area (Å²) in [7, 11) is 0. The van der Waals surface area contributed by atoms with Gasteiger partial charge in [-0.05, 0) is 40.0 Å². The highest BCUT2D eigenvalue weighted by atomic mass is 79.9. The molecule has 1 aromatic heterocycles. The van der Waals surface area contributed by atoms with Crippen LogP contribution in [0.3, 0.4) is 0 Å². The Morgan fingerprint density at radius 1 is 1.48 bits per heavy atom. The standard InChI is InChI=1S/C14H11BrFN3O2/c15-8-5-6(1-3-9(8)16)7-2-4-10(20)12-11(7)13(14(17)21)19-18-12/h1,3,5,7H,2,4H2,(H2,17,21)(H,18,19). The van der Waals surface area contributed by atoms with E-state index in [0.717, 1.165) is 5.56 Å². The number of nitrogens with one attached hydrogen (secondary N) is 1. The normalized spacial score (nSPS) is 17.6. The lowest BCUT2D eigenvalue weighted by Gasteiger charge is -2.22. The fourth-order valence-electron chi connectivity index (χ4n) is 2.69. The van der Waals surface area contributed by atoms with Gasteiger partial charge in [0.1, 0.15) is 17.2 Å². The number of hydrogen-bond acceptors (Lipinski definition) is 3. The molecule has 1 aliphatic carbocycles. The number of carbonyl (C=O) groups excluding carboxylic acids is 2. The Morgan fingerprint density at radius 2 is 2.24 bits per heavy atom. The maximum Gasteiger partial charge on any atom is 0.267 e. The number of hydrogen-bond donors (Lipinski definition) is 2. The Morgan fingerprint density at radius 3 is 2.90 bits per heavy atom. The number of rotatable bonds is 2. The minimum absolute atomic E-state index is 0.119. The van der Waals surface area contributed by atoms with Crippen LogP contribution < -0.4 is 5.73 Å². The van der Waals surface area contributed by atoms with Crippen molar-refractivity contribution in [2.75, 3.05) is 0 Å². The average molecular weight is 352 g/mol. The number of primary amides is 1. The van der Waals surface area contributed by atoms with Crippen LogP contribution in [0.25, 0.3) is 0 Å². The maximum atomic E-state index is 13.4. The lowest BCUT2D eigenvalue weighted by molar-refractivity contribution is 0.0964. The highest BCUT2D eigenvalue weighted by molar-refractivity contribution is 9.10. The molecular weight excluding hydrogens is 341 g/mol. The van der Waals surface area contributed by atoms with Crippen molar-refractivity contribution in [2.45, 2.75) is 18.8 Å². The van der Waals surface area contributed by atoms with Crippen molar-refractivity contribution in [3.05, 3.63) is 51.0 Å². The van der Waals surface area contributed by atoms with Crippen LogP contribution in [0.2, 0.25) is 0 Å². The van der Waals surface area contributed by atoms with E-state index in [1.54, 1.807) is 12.1 Å². The highest BCUT2D eigenvalue weighted by Gasteiger charge is 2.33. The number of halogens is 2. The van der Waals surface area contributed by atoms with E-state index >= 15 is 0 Å². The van der Waals surface area contributed by atoms with Gasteiger partial charge in [-0.15, -0.1) is 0 Å². The zero-order chi connectivity index (χ0) is 15.1. The molecule has 0 saturated heterocycles. The third-order valence-corrected chi connectivity index (χ3v) is 4.28. The van der Waals surface area contributed by atoms with E-state index < -0.39 is 5.91 Å². The van der Waals surface area contributed by atoms with Crippen molar-refractivity contribution in [1.29, 1.82) is 0 Å². The predicted octanol–water partition coefficient (Wildman–Crippen LogP) is 2.52. The molecule has 0 bridgehead atoms. The molecule has 1 amide bonds. The summed E-state index contributed by atoms with van der Waals surface area (Å²) in [4.78, 5) is 23.4. The van der Waals surface area contributed by atoms with Gasteiger partial charge in [-0.2, -0.15) is 5.10 Å². The van der Waals surface area contributed by atoms with Gasteiger partial charge in [0.05, 0.1) is 4.47 Å². The van der Waals surface area contributed by atoms with E-state index in [1.165, 1.54) is 6.07 Å². The SMILES string of the molecule is NC(=O)c1[nH]nc2c1C(c1ccc(F)c(Br)c1)CCC2=O. The molecule has 1 heterocycles. The number of fused-ring (bicyclic) bond motifs is 1. The van der Waals surface area contributed by atoms with E-state index in [1.807, 2.05) is 0 Å². The second-order valence-corrected chi connectivity index (χ2v) is 5.77. The fourth-order valence-corrected chi connectivity index (χ4v) is 3.09. The van der Waals surface area contributed by atoms with Gasteiger partial charge in [-0.1, -0.05) is 6.07 Å². The highest BCUT2D eigenvalue weighted by Crippen LogP contribution is 2.38. The smallest absolute Gasteiger partial charge is 0.267 e. The molecule has 1 unspecified atom stereocenters. The van der Waals surface area contributed by atoms with Crippen LogP contribution in [0.4, 0.5) is 4.39 Å². The monoisotopic (exact) mass is 351 g/mol. The summed E-state index contributed by atoms with van der Waals surface area (Å²) in [6, 6.07) is 4.64. The minimum Gasteiger partial charge on any atom is -0.364 e. The summed E-state index contributed by atoms with van der Waals surface area (Å²) in [5.74, 6) is -1.36. The number of ketones is 1. The molecule has 3 N–H and O–H groups in total. The molecule has 1 atom stereocenters. The van der Waals surface area contributed by atoms with Gasteiger partial charge in [0.2, 0.25) is 0 Å². The number of aromatic amines is 1. The Balaban J connectivity index is 2.16. The van der Waals surface area contributed by atoms with Crippen LogP contribution in [-0.2, 0) is 0 Å². The van der Waals surface area contributed by atoms with Gasteiger partial charge in [0.15, 0.2) is 5.78 Å². The summed E-state index contributed by atoms with van der Waals surface area (Å²) < 4.78 is 13.7. The molecule has 2 aromatic rings. The second-order valence-electron chi connectivity index (χ2n) is 4.91. The fraction of sp³-hybridized carbons (Fsp3) is 0.214. The van der Waals surface area contributed by atoms with Crippen LogP contribution >= 0.6 is 15.9 Å². The molecule has 108 valence electrons. The summed E-state index contributed by atoms with van der Waals surface area (Å²) in [6.45, 7) is 0. The van der Waals surface area contributed by atoms with Crippen LogP contribution in [0, 0.1) is 5.82 Å². The number of nitrogens with two attached hydrogens (primary N) is 1. The molecule has 0 aliphatic heterocycles. The van der Waals surface area contributed by atoms with Crippen LogP contribution in [0.5, 0.6) is 0 Å². The number of aromatic nitrogens is 2. The van der Waals surface area contributed by atoms with Crippen molar-refractivity contribution in [1.82, 2.24) is 10.2 Å². The van der Waals surface area contributed by atoms with E-state index in [9.17, 15) is 14.0 Å². The van der Waals surface area contributed by atoms with Crippen LogP contribution in [-0.4, -0.2) is 21.9 Å². The van der Waals surface area contributed by atoms with Crippen molar-refractivity contribution >= 4 is 27.6 Å². The third-order valence-electron chi connectivity index (χ3n) is 3.67. The predicted molar refractivity (Wildman–Crippen MR) is 76.6 cm³/mol. The van der Waals surface area contributed by atoms with Gasteiger partial charge in [0, 0.05) is 17.9 Å². The molecule has 1 aromatic carbocycles. The first kappa shape index (κ1) is 13.9. The van der Waals surface area contributed by atoms with Crippen LogP contribution in [0.15, 0.2) is 22.7 Å². The second kappa shape index (κ2) is 5.07. The lowest BCUT2D eigenvalue weighted by atomic mass is 9.80. The number of Topliss-reactive ketones (excluding diaryl/α,β-unsaturated/α-hetero) is 1. The summed E-state index contributed by atoms with van der Waals surface area (Å²) in [5.41, 5.74) is 7.04. The average Bonchev–Trinajstić information content (AvgIpc) is 2.88. The first-order valence-corrected chi connectivity index (χ1v) is 7.14. The lowest BCUT2D eigenvalue weighted by Crippen LogP contribution is -2.21. The molecule has 0 fully saturated rings. The molecule has 7 heteroatoms. The van der Waals surface area contributed by atoms with Gasteiger partial charge >= 0.3 is 0 Å². The Labute approximate surface area is 127 Å². The molecule has 1 aliphatic rings. The van der Waals surface area contributed by atoms with E-state index in [4.69, 9.17) is 5.73 Å². The third kappa shape index (κ3) is 2.27. The Kier molecular flexibility index (Phi) is 3.36. The number of carbonyl (C=O) groups is 2. The first-order chi connectivity index (χ1) is 9.99. The molecule has 3 rings (SSSR count). The topological polar surface area (TPSA) is 88.8 Å². The zero-order valence-corrected chi connectivity index (χ0v) is 12.4. The number of benzene rings is 1. The zero-order valence-electron chi connectivity index (χ0n) is 10.8. The largest absolute Gasteiger partial charge is 0.364 e. The van der Waals surface area contributed by atoms with E-state index in [0.29, 0.717) is 22.9 Å². The van der Waals surface area contributed by atoms with E-state index in [-0.39, 0.29) is 28.9 Å². The quantitative estimate of drug-likeness (QED) is 0.870. The molecule has 0 saturated carbocycles. The first-order valence-electron chi connectivity index (χ1n) is 6.35. The Hall–Kier alpha value is -2.02. The summed E-state index contributed by atoms with van der Waals surface area (Å²) >= 11 is 3.15. The number of amides is 1. The number of nitrogens with zero attached hydrogens (tertiary/aromatic N) is 1. The summed E-state index contributed by atoms with van der Waals surface area (Å²) in [6.07, 6.45) is 0.861. The van der Waals surface area contributed by atoms with Gasteiger partial charge in [0.25, 0.3) is 5.91 Å². The van der Waals surface area contributed by atoms with Gasteiger partial charge < -0.3 is 5.73 Å². The maximum absolute atomic E-state index is 13.4. The van der Waals surface area contributed by atoms with Crippen molar-refractivity contribution in [2.24, 2.45) is 5.73 Å². The minimum atomic E-state index is -0.662. The van der Waals surface area contributed by atoms with E-state index in [2.05, 4.69) is 26.1 Å². The summed E-state index contributed by atoms with van der Waals surface area (Å²) in [5, 5.41) is 6.45. The Bertz CT molecular complexity index is 743. The molecular formula is C14H11BrFN3O2. The van der Waals surface area contributed by atoms with Crippen molar-refractivity contribution in [3.8, 4) is 0 Å².